The predicted molar refractivity (Wildman–Crippen MR) is 155 cm³/mol. The van der Waals surface area contributed by atoms with Crippen molar-refractivity contribution in [1.82, 2.24) is 0 Å². The Morgan fingerprint density at radius 2 is 1.06 bits per heavy atom. The van der Waals surface area contributed by atoms with Crippen molar-refractivity contribution in [2.75, 3.05) is 0 Å². The quantitative estimate of drug-likeness (QED) is 0.261. The average Bonchev–Trinajstić information content (AvgIpc) is 2.69. The maximum Gasteiger partial charge on any atom is 0.309 e. The summed E-state index contributed by atoms with van der Waals surface area (Å²) in [7, 11) is 0. The number of carbonyl (C=O) groups is 2. The van der Waals surface area contributed by atoms with Gasteiger partial charge in [-0.2, -0.15) is 0 Å². The molecule has 0 fully saturated rings. The first kappa shape index (κ1) is 30.6. The standard InChI is InChI=1S/C30H44O4S2/c1-27(2)17-21(11-9-15-29(5,6)25(31)32)35-23(19-27)13-14-24-20-28(3,4)18-22(36-24)12-10-16-30(7,8)26(33)34/h13-14,17-20H,9-12,15-16H2,1-8H3,(H,31,32)(H,33,34)/b14-13+. The molecule has 0 saturated heterocycles. The SMILES string of the molecule is CC1(C)C=C(/C=C/C2=CC(C)(C)C=C(CCCC(C)(C)C(=O)O)S2)SC(CCCC(C)(C)C(=O)O)=C1. The van der Waals surface area contributed by atoms with Gasteiger partial charge in [0.05, 0.1) is 10.8 Å². The van der Waals surface area contributed by atoms with Gasteiger partial charge in [0, 0.05) is 20.6 Å². The van der Waals surface area contributed by atoms with E-state index in [9.17, 15) is 19.8 Å². The molecule has 0 bridgehead atoms. The van der Waals surface area contributed by atoms with E-state index in [-0.39, 0.29) is 10.8 Å². The van der Waals surface area contributed by atoms with Crippen LogP contribution in [0.3, 0.4) is 0 Å². The lowest BCUT2D eigenvalue weighted by atomic mass is 9.86. The number of thioether (sulfide) groups is 2. The van der Waals surface area contributed by atoms with Crippen molar-refractivity contribution in [3.63, 3.8) is 0 Å². The molecule has 0 saturated carbocycles. The van der Waals surface area contributed by atoms with E-state index in [2.05, 4.69) is 64.2 Å². The van der Waals surface area contributed by atoms with Crippen LogP contribution in [0.1, 0.15) is 93.9 Å². The van der Waals surface area contributed by atoms with E-state index in [0.29, 0.717) is 12.8 Å². The fourth-order valence-corrected chi connectivity index (χ4v) is 7.09. The zero-order chi connectivity index (χ0) is 27.4. The molecule has 0 aromatic rings. The highest BCUT2D eigenvalue weighted by Gasteiger charge is 2.28. The molecule has 2 heterocycles. The first-order chi connectivity index (χ1) is 16.4. The maximum atomic E-state index is 11.4. The van der Waals surface area contributed by atoms with Crippen molar-refractivity contribution in [2.45, 2.75) is 93.9 Å². The number of aliphatic carboxylic acids is 2. The molecule has 0 amide bonds. The zero-order valence-corrected chi connectivity index (χ0v) is 24.9. The number of allylic oxidation sites excluding steroid dienone is 8. The van der Waals surface area contributed by atoms with Crippen LogP contribution >= 0.6 is 23.5 Å². The lowest BCUT2D eigenvalue weighted by molar-refractivity contribution is -0.148. The summed E-state index contributed by atoms with van der Waals surface area (Å²) in [4.78, 5) is 27.9. The van der Waals surface area contributed by atoms with Crippen molar-refractivity contribution >= 4 is 35.5 Å². The highest BCUT2D eigenvalue weighted by Crippen LogP contribution is 2.44. The van der Waals surface area contributed by atoms with Gasteiger partial charge in [0.25, 0.3) is 0 Å². The highest BCUT2D eigenvalue weighted by atomic mass is 32.2. The molecule has 2 N–H and O–H groups in total. The fourth-order valence-electron chi connectivity index (χ4n) is 4.26. The van der Waals surface area contributed by atoms with Gasteiger partial charge in [0.2, 0.25) is 0 Å². The minimum atomic E-state index is -0.739. The molecule has 4 nitrogen and oxygen atoms in total. The number of carboxylic acid groups (broad SMARTS) is 2. The molecule has 200 valence electrons. The number of hydrogen-bond donors (Lipinski definition) is 2. The Bertz CT molecular complexity index is 924. The van der Waals surface area contributed by atoms with E-state index in [0.717, 1.165) is 25.7 Å². The molecule has 2 aliphatic rings. The van der Waals surface area contributed by atoms with E-state index >= 15 is 0 Å². The lowest BCUT2D eigenvalue weighted by Crippen LogP contribution is -2.23. The monoisotopic (exact) mass is 532 g/mol. The first-order valence-electron chi connectivity index (χ1n) is 12.8. The number of carboxylic acids is 2. The van der Waals surface area contributed by atoms with Gasteiger partial charge in [-0.05, 0) is 88.2 Å². The van der Waals surface area contributed by atoms with Gasteiger partial charge in [0.1, 0.15) is 0 Å². The molecule has 0 atom stereocenters. The van der Waals surface area contributed by atoms with Crippen LogP contribution in [0.4, 0.5) is 0 Å². The third-order valence-electron chi connectivity index (χ3n) is 6.61. The van der Waals surface area contributed by atoms with Gasteiger partial charge < -0.3 is 10.2 Å². The Labute approximate surface area is 226 Å². The lowest BCUT2D eigenvalue weighted by Gasteiger charge is -2.27. The largest absolute Gasteiger partial charge is 0.481 e. The zero-order valence-electron chi connectivity index (χ0n) is 23.2. The Hall–Kier alpha value is -1.66. The molecule has 0 aliphatic carbocycles. The second kappa shape index (κ2) is 11.8. The number of hydrogen-bond acceptors (Lipinski definition) is 4. The third-order valence-corrected chi connectivity index (χ3v) is 8.76. The molecular formula is C30H44O4S2. The summed E-state index contributed by atoms with van der Waals surface area (Å²) in [6, 6.07) is 0. The van der Waals surface area contributed by atoms with E-state index < -0.39 is 22.8 Å². The molecule has 0 radical (unpaired) electrons. The van der Waals surface area contributed by atoms with Crippen LogP contribution in [-0.2, 0) is 9.59 Å². The first-order valence-corrected chi connectivity index (χ1v) is 14.4. The third kappa shape index (κ3) is 9.66. The fraction of sp³-hybridized carbons (Fsp3) is 0.600. The molecule has 0 spiro atoms. The molecule has 0 aromatic carbocycles. The summed E-state index contributed by atoms with van der Waals surface area (Å²) in [6.45, 7) is 16.0. The van der Waals surface area contributed by atoms with Crippen molar-refractivity contribution < 1.29 is 19.8 Å². The Morgan fingerprint density at radius 3 is 1.36 bits per heavy atom. The van der Waals surface area contributed by atoms with Crippen molar-refractivity contribution in [2.24, 2.45) is 21.7 Å². The summed E-state index contributed by atoms with van der Waals surface area (Å²) in [5, 5.41) is 18.8. The summed E-state index contributed by atoms with van der Waals surface area (Å²) < 4.78 is 0. The Morgan fingerprint density at radius 1 is 0.722 bits per heavy atom. The Balaban J connectivity index is 2.01. The van der Waals surface area contributed by atoms with E-state index in [1.54, 1.807) is 51.2 Å². The molecule has 36 heavy (non-hydrogen) atoms. The van der Waals surface area contributed by atoms with Gasteiger partial charge in [-0.3, -0.25) is 9.59 Å². The van der Waals surface area contributed by atoms with Gasteiger partial charge in [-0.15, -0.1) is 0 Å². The summed E-state index contributed by atoms with van der Waals surface area (Å²) in [5.74, 6) is -1.48. The van der Waals surface area contributed by atoms with Crippen LogP contribution < -0.4 is 0 Å². The van der Waals surface area contributed by atoms with Gasteiger partial charge in [-0.1, -0.05) is 75.5 Å². The smallest absolute Gasteiger partial charge is 0.309 e. The van der Waals surface area contributed by atoms with Crippen LogP contribution in [0.25, 0.3) is 0 Å². The average molecular weight is 533 g/mol. The maximum absolute atomic E-state index is 11.4. The molecule has 2 rings (SSSR count). The van der Waals surface area contributed by atoms with Gasteiger partial charge >= 0.3 is 11.9 Å². The second-order valence-electron chi connectivity index (χ2n) is 12.6. The van der Waals surface area contributed by atoms with Crippen LogP contribution in [0.15, 0.2) is 56.1 Å². The van der Waals surface area contributed by atoms with Crippen molar-refractivity contribution in [1.29, 1.82) is 0 Å². The van der Waals surface area contributed by atoms with Crippen LogP contribution in [0.2, 0.25) is 0 Å². The van der Waals surface area contributed by atoms with Crippen LogP contribution in [-0.4, -0.2) is 22.2 Å². The summed E-state index contributed by atoms with van der Waals surface area (Å²) >= 11 is 3.57. The highest BCUT2D eigenvalue weighted by molar-refractivity contribution is 8.07. The topological polar surface area (TPSA) is 74.6 Å². The minimum Gasteiger partial charge on any atom is -0.481 e. The van der Waals surface area contributed by atoms with Crippen LogP contribution in [0, 0.1) is 21.7 Å². The van der Waals surface area contributed by atoms with E-state index in [1.165, 1.54) is 19.6 Å². The normalized spacial score (nSPS) is 19.9. The molecular weight excluding hydrogens is 488 g/mol. The molecule has 6 heteroatoms. The van der Waals surface area contributed by atoms with Crippen molar-refractivity contribution in [3.8, 4) is 0 Å². The second-order valence-corrected chi connectivity index (χ2v) is 15.0. The van der Waals surface area contributed by atoms with Gasteiger partial charge in [-0.25, -0.2) is 0 Å². The van der Waals surface area contributed by atoms with E-state index in [1.807, 2.05) is 0 Å². The van der Waals surface area contributed by atoms with Crippen molar-refractivity contribution in [3.05, 3.63) is 56.1 Å². The van der Waals surface area contributed by atoms with E-state index in [4.69, 9.17) is 0 Å². The predicted octanol–water partition coefficient (Wildman–Crippen LogP) is 9.19. The number of rotatable bonds is 12. The minimum absolute atomic E-state index is 0.0437. The molecule has 0 unspecified atom stereocenters. The summed E-state index contributed by atoms with van der Waals surface area (Å²) in [6.07, 6.45) is 18.4. The Kier molecular flexibility index (Phi) is 10.0. The summed E-state index contributed by atoms with van der Waals surface area (Å²) in [5.41, 5.74) is -1.48. The molecule has 0 aromatic heterocycles. The molecule has 2 aliphatic heterocycles. The van der Waals surface area contributed by atoms with Crippen LogP contribution in [0.5, 0.6) is 0 Å². The van der Waals surface area contributed by atoms with Gasteiger partial charge in [0.15, 0.2) is 0 Å².